The van der Waals surface area contributed by atoms with Crippen LogP contribution in [0.15, 0.2) is 54.7 Å². The number of ketones is 1. The molecule has 2 heterocycles. The number of thiophene rings is 1. The van der Waals surface area contributed by atoms with Gasteiger partial charge in [0.25, 0.3) is 11.8 Å². The number of aryl methyl sites for hydroxylation is 1. The molecule has 8 nitrogen and oxygen atoms in total. The SMILES string of the molecule is CC(=O)c1cnc2sc(C(=O)Nc3cc(NC(=O)c4cccc(C(C)(C)C#N)c4)ccc3C)cc2n1. The zero-order valence-corrected chi connectivity index (χ0v) is 21.0. The van der Waals surface area contributed by atoms with Gasteiger partial charge in [0, 0.05) is 23.9 Å². The Hall–Kier alpha value is -4.42. The molecule has 180 valence electrons. The van der Waals surface area contributed by atoms with Crippen LogP contribution in [0, 0.1) is 18.3 Å². The molecule has 0 saturated carbocycles. The second-order valence-corrected chi connectivity index (χ2v) is 9.90. The first kappa shape index (κ1) is 24.7. The molecule has 36 heavy (non-hydrogen) atoms. The number of benzene rings is 2. The first-order valence-corrected chi connectivity index (χ1v) is 11.9. The first-order valence-electron chi connectivity index (χ1n) is 11.1. The lowest BCUT2D eigenvalue weighted by Crippen LogP contribution is -2.17. The summed E-state index contributed by atoms with van der Waals surface area (Å²) in [5.41, 5.74) is 3.05. The predicted octanol–water partition coefficient (Wildman–Crippen LogP) is 5.51. The summed E-state index contributed by atoms with van der Waals surface area (Å²) in [4.78, 5) is 46.8. The molecule has 0 fully saturated rings. The smallest absolute Gasteiger partial charge is 0.265 e. The molecule has 2 aromatic carbocycles. The van der Waals surface area contributed by atoms with Crippen LogP contribution in [0.5, 0.6) is 0 Å². The van der Waals surface area contributed by atoms with E-state index in [-0.39, 0.29) is 23.3 Å². The van der Waals surface area contributed by atoms with Gasteiger partial charge in [-0.25, -0.2) is 9.97 Å². The van der Waals surface area contributed by atoms with Gasteiger partial charge in [-0.2, -0.15) is 5.26 Å². The lowest BCUT2D eigenvalue weighted by Gasteiger charge is -2.16. The number of hydrogen-bond acceptors (Lipinski definition) is 7. The highest BCUT2D eigenvalue weighted by Crippen LogP contribution is 2.27. The molecule has 2 aromatic heterocycles. The number of rotatable bonds is 6. The maximum absolute atomic E-state index is 12.9. The normalized spacial score (nSPS) is 11.1. The van der Waals surface area contributed by atoms with Gasteiger partial charge < -0.3 is 10.6 Å². The Morgan fingerprint density at radius 3 is 2.53 bits per heavy atom. The fraction of sp³-hybridized carbons (Fsp3) is 0.185. The van der Waals surface area contributed by atoms with Gasteiger partial charge in [-0.15, -0.1) is 11.3 Å². The summed E-state index contributed by atoms with van der Waals surface area (Å²) in [7, 11) is 0. The second kappa shape index (κ2) is 9.68. The van der Waals surface area contributed by atoms with E-state index >= 15 is 0 Å². The summed E-state index contributed by atoms with van der Waals surface area (Å²) >= 11 is 1.18. The number of carbonyl (C=O) groups is 3. The molecule has 0 aliphatic rings. The van der Waals surface area contributed by atoms with E-state index in [2.05, 4.69) is 26.7 Å². The highest BCUT2D eigenvalue weighted by Gasteiger charge is 2.21. The minimum Gasteiger partial charge on any atom is -0.322 e. The number of aromatic nitrogens is 2. The van der Waals surface area contributed by atoms with Crippen molar-refractivity contribution in [2.75, 3.05) is 10.6 Å². The van der Waals surface area contributed by atoms with E-state index in [1.807, 2.05) is 13.0 Å². The first-order chi connectivity index (χ1) is 17.1. The summed E-state index contributed by atoms with van der Waals surface area (Å²) < 4.78 is 0. The van der Waals surface area contributed by atoms with E-state index in [0.717, 1.165) is 11.1 Å². The molecule has 4 aromatic rings. The van der Waals surface area contributed by atoms with Crippen molar-refractivity contribution in [2.45, 2.75) is 33.1 Å². The molecular weight excluding hydrogens is 474 g/mol. The number of anilines is 2. The summed E-state index contributed by atoms with van der Waals surface area (Å²) in [5, 5.41) is 15.1. The van der Waals surface area contributed by atoms with Gasteiger partial charge in [-0.1, -0.05) is 18.2 Å². The average molecular weight is 498 g/mol. The van der Waals surface area contributed by atoms with Crippen molar-refractivity contribution in [1.82, 2.24) is 9.97 Å². The minimum atomic E-state index is -0.719. The van der Waals surface area contributed by atoms with Gasteiger partial charge in [0.15, 0.2) is 5.78 Å². The Bertz CT molecular complexity index is 1570. The zero-order valence-electron chi connectivity index (χ0n) is 20.2. The van der Waals surface area contributed by atoms with Gasteiger partial charge in [0.1, 0.15) is 16.0 Å². The number of nitriles is 1. The Balaban J connectivity index is 1.53. The van der Waals surface area contributed by atoms with E-state index in [1.54, 1.807) is 56.3 Å². The lowest BCUT2D eigenvalue weighted by atomic mass is 9.85. The lowest BCUT2D eigenvalue weighted by molar-refractivity contribution is 0.100. The van der Waals surface area contributed by atoms with Gasteiger partial charge in [0.2, 0.25) is 0 Å². The molecule has 2 N–H and O–H groups in total. The fourth-order valence-corrected chi connectivity index (χ4v) is 4.28. The number of amides is 2. The Morgan fingerprint density at radius 1 is 1.03 bits per heavy atom. The predicted molar refractivity (Wildman–Crippen MR) is 140 cm³/mol. The third-order valence-corrected chi connectivity index (χ3v) is 6.72. The monoisotopic (exact) mass is 497 g/mol. The van der Waals surface area contributed by atoms with Crippen LogP contribution in [0.1, 0.15) is 62.4 Å². The van der Waals surface area contributed by atoms with E-state index in [1.165, 1.54) is 24.5 Å². The minimum absolute atomic E-state index is 0.198. The van der Waals surface area contributed by atoms with E-state index in [4.69, 9.17) is 0 Å². The fourth-order valence-electron chi connectivity index (χ4n) is 3.44. The summed E-state index contributed by atoms with van der Waals surface area (Å²) in [5.74, 6) is -0.867. The van der Waals surface area contributed by atoms with Crippen molar-refractivity contribution >= 4 is 50.7 Å². The Kier molecular flexibility index (Phi) is 6.64. The molecule has 0 bridgehead atoms. The number of carbonyl (C=O) groups excluding carboxylic acids is 3. The molecule has 0 radical (unpaired) electrons. The van der Waals surface area contributed by atoms with Crippen LogP contribution in [-0.2, 0) is 5.41 Å². The van der Waals surface area contributed by atoms with Crippen LogP contribution in [0.25, 0.3) is 10.3 Å². The van der Waals surface area contributed by atoms with Crippen molar-refractivity contribution in [1.29, 1.82) is 5.26 Å². The number of nitrogens with one attached hydrogen (secondary N) is 2. The van der Waals surface area contributed by atoms with Gasteiger partial charge in [-0.3, -0.25) is 14.4 Å². The van der Waals surface area contributed by atoms with E-state index in [0.29, 0.717) is 32.2 Å². The van der Waals surface area contributed by atoms with Crippen molar-refractivity contribution in [3.05, 3.63) is 82.0 Å². The number of hydrogen-bond donors (Lipinski definition) is 2. The van der Waals surface area contributed by atoms with Crippen LogP contribution >= 0.6 is 11.3 Å². The van der Waals surface area contributed by atoms with Gasteiger partial charge in [0.05, 0.1) is 22.6 Å². The molecule has 0 atom stereocenters. The largest absolute Gasteiger partial charge is 0.322 e. The van der Waals surface area contributed by atoms with Crippen LogP contribution < -0.4 is 10.6 Å². The summed E-state index contributed by atoms with van der Waals surface area (Å²) in [6, 6.07) is 16.0. The van der Waals surface area contributed by atoms with Crippen molar-refractivity contribution in [2.24, 2.45) is 0 Å². The quantitative estimate of drug-likeness (QED) is 0.339. The van der Waals surface area contributed by atoms with Crippen LogP contribution in [0.3, 0.4) is 0 Å². The topological polar surface area (TPSA) is 125 Å². The molecule has 0 aliphatic carbocycles. The van der Waals surface area contributed by atoms with Crippen LogP contribution in [-0.4, -0.2) is 27.6 Å². The summed E-state index contributed by atoms with van der Waals surface area (Å²) in [6.45, 7) is 6.85. The molecule has 2 amide bonds. The molecule has 0 spiro atoms. The Morgan fingerprint density at radius 2 is 1.81 bits per heavy atom. The van der Waals surface area contributed by atoms with Crippen molar-refractivity contribution in [3.8, 4) is 6.07 Å². The van der Waals surface area contributed by atoms with Gasteiger partial charge >= 0.3 is 0 Å². The second-order valence-electron chi connectivity index (χ2n) is 8.87. The van der Waals surface area contributed by atoms with Crippen molar-refractivity contribution < 1.29 is 14.4 Å². The maximum Gasteiger partial charge on any atom is 0.265 e. The van der Waals surface area contributed by atoms with E-state index in [9.17, 15) is 19.6 Å². The standard InChI is InChI=1S/C27H23N5O3S/c1-15-8-9-19(30-24(34)17-6-5-7-18(10-17)27(3,4)14-28)11-20(15)32-25(35)23-12-21-26(36-23)29-13-22(31-21)16(2)33/h5-13H,1-4H3,(H,30,34)(H,32,35). The number of Topliss-reactive ketones (excluding diaryl/α,β-unsaturated/α-hetero) is 1. The van der Waals surface area contributed by atoms with Crippen LogP contribution in [0.4, 0.5) is 11.4 Å². The molecule has 4 rings (SSSR count). The highest BCUT2D eigenvalue weighted by atomic mass is 32.1. The molecule has 9 heteroatoms. The highest BCUT2D eigenvalue weighted by molar-refractivity contribution is 7.20. The van der Waals surface area contributed by atoms with Gasteiger partial charge in [-0.05, 0) is 62.2 Å². The average Bonchev–Trinajstić information content (AvgIpc) is 3.30. The molecular formula is C27H23N5O3S. The molecule has 0 aliphatic heterocycles. The van der Waals surface area contributed by atoms with Crippen LogP contribution in [0.2, 0.25) is 0 Å². The number of nitrogens with zero attached hydrogens (tertiary/aromatic N) is 3. The summed E-state index contributed by atoms with van der Waals surface area (Å²) in [6.07, 6.45) is 1.40. The molecule has 0 saturated heterocycles. The third kappa shape index (κ3) is 5.14. The maximum atomic E-state index is 12.9. The third-order valence-electron chi connectivity index (χ3n) is 5.69. The van der Waals surface area contributed by atoms with Crippen molar-refractivity contribution in [3.63, 3.8) is 0 Å². The Labute approximate surface area is 212 Å². The zero-order chi connectivity index (χ0) is 26.0. The van der Waals surface area contributed by atoms with E-state index < -0.39 is 5.41 Å². The number of fused-ring (bicyclic) bond motifs is 1. The molecule has 0 unspecified atom stereocenters.